The normalized spacial score (nSPS) is 24.9. The van der Waals surface area contributed by atoms with Crippen molar-refractivity contribution in [1.82, 2.24) is 19.8 Å². The van der Waals surface area contributed by atoms with Gasteiger partial charge >= 0.3 is 0 Å². The van der Waals surface area contributed by atoms with E-state index in [-0.39, 0.29) is 17.1 Å². The number of rotatable bonds is 6. The molecule has 2 N–H and O–H groups in total. The summed E-state index contributed by atoms with van der Waals surface area (Å²) in [5.41, 5.74) is -0.0136. The van der Waals surface area contributed by atoms with Crippen LogP contribution in [0.15, 0.2) is 4.99 Å². The van der Waals surface area contributed by atoms with Crippen LogP contribution in [0.5, 0.6) is 0 Å². The van der Waals surface area contributed by atoms with E-state index in [1.807, 2.05) is 13.8 Å². The minimum atomic E-state index is -3.24. The molecule has 2 heterocycles. The first kappa shape index (κ1) is 20.0. The first-order chi connectivity index (χ1) is 11.9. The van der Waals surface area contributed by atoms with Gasteiger partial charge in [-0.1, -0.05) is 13.8 Å². The van der Waals surface area contributed by atoms with E-state index in [1.165, 1.54) is 4.31 Å². The maximum Gasteiger partial charge on any atom is 0.220 e. The molecular weight excluding hydrogens is 342 g/mol. The van der Waals surface area contributed by atoms with E-state index in [4.69, 9.17) is 0 Å². The molecule has 0 aromatic heterocycles. The van der Waals surface area contributed by atoms with Crippen molar-refractivity contribution in [2.24, 2.45) is 10.4 Å². The van der Waals surface area contributed by atoms with Crippen molar-refractivity contribution in [1.29, 1.82) is 0 Å². The van der Waals surface area contributed by atoms with Crippen LogP contribution in [-0.4, -0.2) is 81.6 Å². The molecule has 0 aromatic rings. The topological polar surface area (TPSA) is 94.1 Å². The van der Waals surface area contributed by atoms with Crippen molar-refractivity contribution in [3.8, 4) is 0 Å². The molecule has 2 aliphatic heterocycles. The lowest BCUT2D eigenvalue weighted by molar-refractivity contribution is -0.119. The lowest BCUT2D eigenvalue weighted by Gasteiger charge is -2.40. The Balaban J connectivity index is 1.91. The SMILES string of the molecule is CCN(CC)S(=O)(=O)CCNC(=NC)N1CCCC2(CNC(=O)C2)C1. The van der Waals surface area contributed by atoms with Crippen LogP contribution in [0.1, 0.15) is 33.1 Å². The number of guanidine groups is 1. The fraction of sp³-hybridized carbons (Fsp3) is 0.875. The monoisotopic (exact) mass is 373 g/mol. The van der Waals surface area contributed by atoms with Crippen LogP contribution in [0.4, 0.5) is 0 Å². The van der Waals surface area contributed by atoms with Gasteiger partial charge in [-0.2, -0.15) is 0 Å². The lowest BCUT2D eigenvalue weighted by atomic mass is 9.79. The molecule has 2 aliphatic rings. The van der Waals surface area contributed by atoms with Crippen molar-refractivity contribution >= 4 is 21.9 Å². The molecule has 1 unspecified atom stereocenters. The fourth-order valence-corrected chi connectivity index (χ4v) is 5.20. The van der Waals surface area contributed by atoms with E-state index in [9.17, 15) is 13.2 Å². The molecule has 144 valence electrons. The Morgan fingerprint density at radius 3 is 2.68 bits per heavy atom. The Hall–Kier alpha value is -1.35. The predicted octanol–water partition coefficient (Wildman–Crippen LogP) is -0.164. The van der Waals surface area contributed by atoms with Crippen molar-refractivity contribution in [2.45, 2.75) is 33.1 Å². The minimum Gasteiger partial charge on any atom is -0.355 e. The standard InChI is InChI=1S/C16H31N5O3S/c1-4-21(5-2)25(23,24)10-8-18-15(17-3)20-9-6-7-16(13-20)11-14(22)19-12-16/h4-13H2,1-3H3,(H,17,18)(H,19,22). The molecule has 0 radical (unpaired) electrons. The summed E-state index contributed by atoms with van der Waals surface area (Å²) in [5, 5.41) is 6.12. The van der Waals surface area contributed by atoms with Gasteiger partial charge < -0.3 is 15.5 Å². The number of hydrogen-bond donors (Lipinski definition) is 2. The smallest absolute Gasteiger partial charge is 0.220 e. The third-order valence-electron chi connectivity index (χ3n) is 5.11. The molecule has 0 aromatic carbocycles. The van der Waals surface area contributed by atoms with E-state index in [0.717, 1.165) is 32.5 Å². The summed E-state index contributed by atoms with van der Waals surface area (Å²) in [6.45, 7) is 7.36. The summed E-state index contributed by atoms with van der Waals surface area (Å²) in [6.07, 6.45) is 2.61. The zero-order valence-corrected chi connectivity index (χ0v) is 16.4. The van der Waals surface area contributed by atoms with Gasteiger partial charge in [-0.05, 0) is 12.8 Å². The first-order valence-corrected chi connectivity index (χ1v) is 10.7. The van der Waals surface area contributed by atoms with Gasteiger partial charge in [0, 0.05) is 58.2 Å². The van der Waals surface area contributed by atoms with E-state index < -0.39 is 10.0 Å². The zero-order chi connectivity index (χ0) is 18.5. The molecule has 1 spiro atoms. The lowest BCUT2D eigenvalue weighted by Crippen LogP contribution is -2.52. The van der Waals surface area contributed by atoms with Gasteiger partial charge in [0.15, 0.2) is 5.96 Å². The summed E-state index contributed by atoms with van der Waals surface area (Å²) >= 11 is 0. The second-order valence-electron chi connectivity index (χ2n) is 6.85. The van der Waals surface area contributed by atoms with E-state index in [0.29, 0.717) is 32.0 Å². The highest BCUT2D eigenvalue weighted by Gasteiger charge is 2.42. The highest BCUT2D eigenvalue weighted by atomic mass is 32.2. The number of aliphatic imine (C=N–C) groups is 1. The quantitative estimate of drug-likeness (QED) is 0.498. The summed E-state index contributed by atoms with van der Waals surface area (Å²) in [4.78, 5) is 18.1. The predicted molar refractivity (Wildman–Crippen MR) is 98.9 cm³/mol. The van der Waals surface area contributed by atoms with Crippen LogP contribution >= 0.6 is 0 Å². The molecular formula is C16H31N5O3S. The Bertz CT molecular complexity index is 603. The summed E-state index contributed by atoms with van der Waals surface area (Å²) in [7, 11) is -1.54. The van der Waals surface area contributed by atoms with Gasteiger partial charge in [-0.25, -0.2) is 12.7 Å². The fourth-order valence-electron chi connectivity index (χ4n) is 3.80. The number of nitrogens with one attached hydrogen (secondary N) is 2. The maximum absolute atomic E-state index is 12.3. The second kappa shape index (κ2) is 8.35. The zero-order valence-electron chi connectivity index (χ0n) is 15.5. The van der Waals surface area contributed by atoms with Crippen LogP contribution < -0.4 is 10.6 Å². The van der Waals surface area contributed by atoms with Crippen LogP contribution in [0.2, 0.25) is 0 Å². The van der Waals surface area contributed by atoms with Crippen molar-refractivity contribution < 1.29 is 13.2 Å². The third-order valence-corrected chi connectivity index (χ3v) is 7.13. The number of sulfonamides is 1. The molecule has 2 saturated heterocycles. The number of piperidine rings is 1. The van der Waals surface area contributed by atoms with Gasteiger partial charge in [0.1, 0.15) is 0 Å². The average Bonchev–Trinajstić information content (AvgIpc) is 2.92. The third kappa shape index (κ3) is 4.84. The van der Waals surface area contributed by atoms with Gasteiger partial charge in [0.2, 0.25) is 15.9 Å². The van der Waals surface area contributed by atoms with E-state index >= 15 is 0 Å². The van der Waals surface area contributed by atoms with Crippen molar-refractivity contribution in [3.63, 3.8) is 0 Å². The Morgan fingerprint density at radius 1 is 1.40 bits per heavy atom. The van der Waals surface area contributed by atoms with Crippen LogP contribution in [-0.2, 0) is 14.8 Å². The van der Waals surface area contributed by atoms with Crippen LogP contribution in [0.3, 0.4) is 0 Å². The van der Waals surface area contributed by atoms with Gasteiger partial charge in [-0.3, -0.25) is 9.79 Å². The molecule has 8 nitrogen and oxygen atoms in total. The van der Waals surface area contributed by atoms with Crippen molar-refractivity contribution in [2.75, 3.05) is 52.1 Å². The minimum absolute atomic E-state index is 0.0136. The molecule has 0 aliphatic carbocycles. The maximum atomic E-state index is 12.3. The average molecular weight is 374 g/mol. The van der Waals surface area contributed by atoms with Gasteiger partial charge in [0.25, 0.3) is 0 Å². The molecule has 1 amide bonds. The van der Waals surface area contributed by atoms with Crippen molar-refractivity contribution in [3.05, 3.63) is 0 Å². The molecule has 1 atom stereocenters. The Kier molecular flexibility index (Phi) is 6.67. The van der Waals surface area contributed by atoms with Gasteiger partial charge in [0.05, 0.1) is 5.75 Å². The summed E-state index contributed by atoms with van der Waals surface area (Å²) in [6, 6.07) is 0. The first-order valence-electron chi connectivity index (χ1n) is 9.06. The molecule has 9 heteroatoms. The Labute approximate surface area is 151 Å². The van der Waals surface area contributed by atoms with Crippen LogP contribution in [0, 0.1) is 5.41 Å². The number of likely N-dealkylation sites (tertiary alicyclic amines) is 1. The summed E-state index contributed by atoms with van der Waals surface area (Å²) in [5.74, 6) is 0.885. The molecule has 0 bridgehead atoms. The molecule has 2 rings (SSSR count). The number of nitrogens with zero attached hydrogens (tertiary/aromatic N) is 3. The number of amides is 1. The number of hydrogen-bond acceptors (Lipinski definition) is 4. The number of carbonyl (C=O) groups is 1. The van der Waals surface area contributed by atoms with E-state index in [2.05, 4.69) is 20.5 Å². The van der Waals surface area contributed by atoms with Crippen LogP contribution in [0.25, 0.3) is 0 Å². The second-order valence-corrected chi connectivity index (χ2v) is 8.94. The largest absolute Gasteiger partial charge is 0.355 e. The number of carbonyl (C=O) groups excluding carboxylic acids is 1. The van der Waals surface area contributed by atoms with Gasteiger partial charge in [-0.15, -0.1) is 0 Å². The highest BCUT2D eigenvalue weighted by molar-refractivity contribution is 7.89. The highest BCUT2D eigenvalue weighted by Crippen LogP contribution is 2.35. The molecule has 0 saturated carbocycles. The Morgan fingerprint density at radius 2 is 2.12 bits per heavy atom. The molecule has 2 fully saturated rings. The van der Waals surface area contributed by atoms with E-state index in [1.54, 1.807) is 7.05 Å². The molecule has 25 heavy (non-hydrogen) atoms. The summed E-state index contributed by atoms with van der Waals surface area (Å²) < 4.78 is 26.0.